The second-order valence-electron chi connectivity index (χ2n) is 8.32. The zero-order chi connectivity index (χ0) is 21.4. The molecule has 0 spiro atoms. The molecule has 3 aliphatic rings. The van der Waals surface area contributed by atoms with E-state index < -0.39 is 12.5 Å². The standard InChI is InChI=1S/C21H25F2N5O3/c22-20(23)16-10-15(26-21-24-11-25-28(16)21)14-5-7-27(8-6-14)19(29)4-2-13-1-3-17-18(9-13)31-12-30-17/h1,3,9,11,14-16,20H,2,4-8,10,12H2,(H,24,25,26)/t15-,16+/m0/s1. The summed E-state index contributed by atoms with van der Waals surface area (Å²) in [4.78, 5) is 18.7. The van der Waals surface area contributed by atoms with Crippen molar-refractivity contribution in [3.63, 3.8) is 0 Å². The van der Waals surface area contributed by atoms with Crippen LogP contribution >= 0.6 is 0 Å². The van der Waals surface area contributed by atoms with E-state index >= 15 is 0 Å². The molecule has 1 amide bonds. The molecule has 1 N–H and O–H groups in total. The van der Waals surface area contributed by atoms with Crippen molar-refractivity contribution in [2.24, 2.45) is 5.92 Å². The lowest BCUT2D eigenvalue weighted by Crippen LogP contribution is -2.46. The van der Waals surface area contributed by atoms with Crippen LogP contribution < -0.4 is 14.8 Å². The van der Waals surface area contributed by atoms with E-state index in [-0.39, 0.29) is 24.7 Å². The molecule has 1 aromatic heterocycles. The van der Waals surface area contributed by atoms with Crippen molar-refractivity contribution < 1.29 is 23.0 Å². The molecule has 10 heteroatoms. The van der Waals surface area contributed by atoms with Crippen molar-refractivity contribution in [2.45, 2.75) is 50.6 Å². The number of alkyl halides is 2. The highest BCUT2D eigenvalue weighted by molar-refractivity contribution is 5.76. The van der Waals surface area contributed by atoms with Gasteiger partial charge in [0.25, 0.3) is 6.43 Å². The molecule has 0 unspecified atom stereocenters. The summed E-state index contributed by atoms with van der Waals surface area (Å²) in [6, 6.07) is 4.72. The SMILES string of the molecule is O=C(CCc1ccc2c(c1)OCO2)N1CCC([C@@H]2C[C@H](C(F)F)n3ncnc3N2)CC1. The molecule has 0 aliphatic carbocycles. The molecule has 31 heavy (non-hydrogen) atoms. The number of hydrogen-bond donors (Lipinski definition) is 1. The number of aromatic nitrogens is 3. The Bertz CT molecular complexity index is 945. The number of benzene rings is 1. The van der Waals surface area contributed by atoms with Crippen LogP contribution in [0.15, 0.2) is 24.5 Å². The molecule has 3 aliphatic heterocycles. The first-order valence-corrected chi connectivity index (χ1v) is 10.7. The van der Waals surface area contributed by atoms with Gasteiger partial charge in [0.05, 0.1) is 0 Å². The number of likely N-dealkylation sites (tertiary alicyclic amines) is 1. The summed E-state index contributed by atoms with van der Waals surface area (Å²) >= 11 is 0. The Balaban J connectivity index is 1.13. The zero-order valence-corrected chi connectivity index (χ0v) is 17.0. The Labute approximate surface area is 178 Å². The van der Waals surface area contributed by atoms with Crippen molar-refractivity contribution in [1.29, 1.82) is 0 Å². The average molecular weight is 433 g/mol. The Hall–Kier alpha value is -2.91. The summed E-state index contributed by atoms with van der Waals surface area (Å²) in [6.45, 7) is 1.53. The molecule has 2 aromatic rings. The predicted octanol–water partition coefficient (Wildman–Crippen LogP) is 2.87. The van der Waals surface area contributed by atoms with E-state index in [1.165, 1.54) is 11.0 Å². The summed E-state index contributed by atoms with van der Waals surface area (Å²) in [6.07, 6.45) is 1.80. The van der Waals surface area contributed by atoms with Crippen LogP contribution in [0, 0.1) is 5.92 Å². The van der Waals surface area contributed by atoms with Crippen LogP contribution in [-0.2, 0) is 11.2 Å². The number of piperidine rings is 1. The van der Waals surface area contributed by atoms with E-state index in [9.17, 15) is 13.6 Å². The first kappa shape index (κ1) is 20.0. The van der Waals surface area contributed by atoms with Crippen LogP contribution in [0.3, 0.4) is 0 Å². The van der Waals surface area contributed by atoms with Crippen LogP contribution in [0.1, 0.15) is 37.3 Å². The van der Waals surface area contributed by atoms with Gasteiger partial charge >= 0.3 is 0 Å². The third-order valence-electron chi connectivity index (χ3n) is 6.51. The minimum atomic E-state index is -2.48. The fourth-order valence-corrected chi connectivity index (χ4v) is 4.76. The number of fused-ring (bicyclic) bond motifs is 2. The molecule has 1 saturated heterocycles. The smallest absolute Gasteiger partial charge is 0.260 e. The maximum absolute atomic E-state index is 13.5. The number of nitrogens with one attached hydrogen (secondary N) is 1. The van der Waals surface area contributed by atoms with Crippen molar-refractivity contribution in [1.82, 2.24) is 19.7 Å². The summed E-state index contributed by atoms with van der Waals surface area (Å²) in [5, 5.41) is 7.21. The van der Waals surface area contributed by atoms with Gasteiger partial charge in [-0.15, -0.1) is 0 Å². The highest BCUT2D eigenvalue weighted by atomic mass is 19.3. The maximum atomic E-state index is 13.5. The summed E-state index contributed by atoms with van der Waals surface area (Å²) in [5.41, 5.74) is 1.04. The summed E-state index contributed by atoms with van der Waals surface area (Å²) in [5.74, 6) is 2.22. The third-order valence-corrected chi connectivity index (χ3v) is 6.51. The van der Waals surface area contributed by atoms with Crippen molar-refractivity contribution >= 4 is 11.9 Å². The van der Waals surface area contributed by atoms with Crippen LogP contribution in [0.5, 0.6) is 11.5 Å². The second-order valence-corrected chi connectivity index (χ2v) is 8.32. The first-order chi connectivity index (χ1) is 15.1. The fourth-order valence-electron chi connectivity index (χ4n) is 4.76. The molecule has 5 rings (SSSR count). The molecule has 1 fully saturated rings. The van der Waals surface area contributed by atoms with E-state index in [4.69, 9.17) is 9.47 Å². The number of aryl methyl sites for hydroxylation is 1. The number of ether oxygens (including phenoxy) is 2. The second kappa shape index (κ2) is 8.32. The van der Waals surface area contributed by atoms with Crippen molar-refractivity contribution in [3.05, 3.63) is 30.1 Å². The lowest BCUT2D eigenvalue weighted by Gasteiger charge is -2.40. The highest BCUT2D eigenvalue weighted by Gasteiger charge is 2.38. The van der Waals surface area contributed by atoms with E-state index in [0.717, 1.165) is 29.9 Å². The van der Waals surface area contributed by atoms with E-state index in [2.05, 4.69) is 15.4 Å². The van der Waals surface area contributed by atoms with Gasteiger partial charge in [0.15, 0.2) is 11.5 Å². The number of anilines is 1. The van der Waals surface area contributed by atoms with Gasteiger partial charge in [-0.2, -0.15) is 10.1 Å². The Morgan fingerprint density at radius 2 is 2.03 bits per heavy atom. The predicted molar refractivity (Wildman–Crippen MR) is 107 cm³/mol. The normalized spacial score (nSPS) is 23.0. The highest BCUT2D eigenvalue weighted by Crippen LogP contribution is 2.36. The van der Waals surface area contributed by atoms with Gasteiger partial charge in [-0.05, 0) is 49.3 Å². The Morgan fingerprint density at radius 3 is 2.84 bits per heavy atom. The monoisotopic (exact) mass is 433 g/mol. The van der Waals surface area contributed by atoms with Crippen LogP contribution in [0.4, 0.5) is 14.7 Å². The van der Waals surface area contributed by atoms with Gasteiger partial charge in [0, 0.05) is 25.6 Å². The van der Waals surface area contributed by atoms with Crippen LogP contribution in [-0.4, -0.2) is 57.9 Å². The van der Waals surface area contributed by atoms with Crippen molar-refractivity contribution in [2.75, 3.05) is 25.2 Å². The van der Waals surface area contributed by atoms with Gasteiger partial charge in [-0.25, -0.2) is 13.5 Å². The summed E-state index contributed by atoms with van der Waals surface area (Å²) < 4.78 is 39.0. The number of rotatable bonds is 5. The number of halogens is 2. The number of nitrogens with zero attached hydrogens (tertiary/aromatic N) is 4. The van der Waals surface area contributed by atoms with Gasteiger partial charge in [-0.3, -0.25) is 4.79 Å². The summed E-state index contributed by atoms with van der Waals surface area (Å²) in [7, 11) is 0. The molecule has 0 saturated carbocycles. The molecule has 8 nitrogen and oxygen atoms in total. The van der Waals surface area contributed by atoms with Gasteiger partial charge in [0.1, 0.15) is 12.4 Å². The number of carbonyl (C=O) groups excluding carboxylic acids is 1. The molecular weight excluding hydrogens is 408 g/mol. The molecular formula is C21H25F2N5O3. The lowest BCUT2D eigenvalue weighted by molar-refractivity contribution is -0.132. The number of hydrogen-bond acceptors (Lipinski definition) is 6. The van der Waals surface area contributed by atoms with Crippen LogP contribution in [0.2, 0.25) is 0 Å². The largest absolute Gasteiger partial charge is 0.454 e. The molecule has 4 heterocycles. The van der Waals surface area contributed by atoms with Gasteiger partial charge in [-0.1, -0.05) is 6.07 Å². The number of carbonyl (C=O) groups is 1. The lowest BCUT2D eigenvalue weighted by atomic mass is 9.85. The van der Waals surface area contributed by atoms with Crippen LogP contribution in [0.25, 0.3) is 0 Å². The maximum Gasteiger partial charge on any atom is 0.260 e. The molecule has 1 aromatic carbocycles. The fraction of sp³-hybridized carbons (Fsp3) is 0.571. The Morgan fingerprint density at radius 1 is 1.23 bits per heavy atom. The minimum absolute atomic E-state index is 0.0819. The Kier molecular flexibility index (Phi) is 5.37. The number of amides is 1. The van der Waals surface area contributed by atoms with Gasteiger partial charge < -0.3 is 19.7 Å². The first-order valence-electron chi connectivity index (χ1n) is 10.7. The molecule has 0 radical (unpaired) electrons. The zero-order valence-electron chi connectivity index (χ0n) is 17.0. The van der Waals surface area contributed by atoms with Crippen molar-refractivity contribution in [3.8, 4) is 11.5 Å². The van der Waals surface area contributed by atoms with E-state index in [1.807, 2.05) is 23.1 Å². The average Bonchev–Trinajstić information content (AvgIpc) is 3.45. The van der Waals surface area contributed by atoms with E-state index in [0.29, 0.717) is 38.3 Å². The quantitative estimate of drug-likeness (QED) is 0.781. The third kappa shape index (κ3) is 4.03. The topological polar surface area (TPSA) is 81.5 Å². The van der Waals surface area contributed by atoms with E-state index in [1.54, 1.807) is 0 Å². The molecule has 2 atom stereocenters. The minimum Gasteiger partial charge on any atom is -0.454 e. The van der Waals surface area contributed by atoms with Gasteiger partial charge in [0.2, 0.25) is 18.6 Å². The molecule has 0 bridgehead atoms. The molecule has 166 valence electrons.